The normalized spacial score (nSPS) is 11.7. The number of ether oxygens (including phenoxy) is 1. The van der Waals surface area contributed by atoms with Crippen LogP contribution in [0.4, 0.5) is 0 Å². The molecule has 0 saturated carbocycles. The van der Waals surface area contributed by atoms with Crippen molar-refractivity contribution in [1.29, 1.82) is 0 Å². The predicted octanol–water partition coefficient (Wildman–Crippen LogP) is 5.27. The Morgan fingerprint density at radius 1 is 1.15 bits per heavy atom. The Bertz CT molecular complexity index is 840. The molecule has 26 heavy (non-hydrogen) atoms. The molecule has 146 valence electrons. The van der Waals surface area contributed by atoms with Gasteiger partial charge < -0.3 is 15.0 Å². The predicted molar refractivity (Wildman–Crippen MR) is 113 cm³/mol. The zero-order valence-corrected chi connectivity index (χ0v) is 18.2. The number of pyridine rings is 1. The van der Waals surface area contributed by atoms with Crippen molar-refractivity contribution in [2.24, 2.45) is 17.1 Å². The lowest BCUT2D eigenvalue weighted by molar-refractivity contribution is 0.264. The van der Waals surface area contributed by atoms with Crippen LogP contribution in [-0.2, 0) is 13.1 Å². The first kappa shape index (κ1) is 23.1. The van der Waals surface area contributed by atoms with E-state index in [1.54, 1.807) is 16.7 Å². The maximum atomic E-state index is 13.1. The van der Waals surface area contributed by atoms with Gasteiger partial charge in [-0.25, -0.2) is 0 Å². The summed E-state index contributed by atoms with van der Waals surface area (Å²) < 4.78 is 7.78. The van der Waals surface area contributed by atoms with Crippen molar-refractivity contribution >= 4 is 46.4 Å². The molecule has 0 saturated heterocycles. The smallest absolute Gasteiger partial charge is 0.258 e. The minimum Gasteiger partial charge on any atom is -0.491 e. The van der Waals surface area contributed by atoms with Crippen LogP contribution in [0.3, 0.4) is 0 Å². The first-order valence-corrected chi connectivity index (χ1v) is 9.18. The minimum absolute atomic E-state index is 0. The maximum Gasteiger partial charge on any atom is 0.258 e. The Kier molecular flexibility index (Phi) is 7.85. The average molecular weight is 422 g/mol. The lowest BCUT2D eigenvalue weighted by Crippen LogP contribution is -2.31. The Balaban J connectivity index is 0.00000338. The van der Waals surface area contributed by atoms with Crippen LogP contribution in [-0.4, -0.2) is 11.2 Å². The number of rotatable bonds is 5. The quantitative estimate of drug-likeness (QED) is 0.715. The van der Waals surface area contributed by atoms with Crippen molar-refractivity contribution in [1.82, 2.24) is 4.57 Å². The molecule has 0 amide bonds. The largest absolute Gasteiger partial charge is 0.491 e. The number of benzene rings is 1. The summed E-state index contributed by atoms with van der Waals surface area (Å²) in [5, 5.41) is 1.89. The van der Waals surface area contributed by atoms with Crippen molar-refractivity contribution in [2.75, 3.05) is 6.61 Å². The fourth-order valence-electron chi connectivity index (χ4n) is 2.71. The summed E-state index contributed by atoms with van der Waals surface area (Å²) >= 11 is 12.3. The molecule has 0 aliphatic carbocycles. The summed E-state index contributed by atoms with van der Waals surface area (Å²) in [5.74, 6) is 0.958. The topological polar surface area (TPSA) is 57.2 Å². The monoisotopic (exact) mass is 420 g/mol. The zero-order chi connectivity index (χ0) is 18.9. The second kappa shape index (κ2) is 8.83. The van der Waals surface area contributed by atoms with E-state index in [0.29, 0.717) is 51.3 Å². The lowest BCUT2D eigenvalue weighted by atomic mass is 9.96. The van der Waals surface area contributed by atoms with E-state index in [4.69, 9.17) is 33.7 Å². The molecule has 2 rings (SSSR count). The van der Waals surface area contributed by atoms with E-state index in [0.717, 1.165) is 0 Å². The van der Waals surface area contributed by atoms with Crippen LogP contribution in [0.25, 0.3) is 10.8 Å². The second-order valence-electron chi connectivity index (χ2n) is 7.95. The van der Waals surface area contributed by atoms with Crippen LogP contribution in [0, 0.1) is 11.3 Å². The molecular formula is C19H27Cl3N2O2. The molecule has 2 N–H and O–H groups in total. The zero-order valence-electron chi connectivity index (χ0n) is 15.9. The Labute approximate surface area is 171 Å². The summed E-state index contributed by atoms with van der Waals surface area (Å²) in [4.78, 5) is 13.1. The molecule has 0 spiro atoms. The van der Waals surface area contributed by atoms with E-state index in [2.05, 4.69) is 34.6 Å². The highest BCUT2D eigenvalue weighted by atomic mass is 35.5. The average Bonchev–Trinajstić information content (AvgIpc) is 2.49. The van der Waals surface area contributed by atoms with E-state index in [9.17, 15) is 4.79 Å². The van der Waals surface area contributed by atoms with Gasteiger partial charge in [0.05, 0.1) is 27.7 Å². The van der Waals surface area contributed by atoms with Crippen LogP contribution >= 0.6 is 35.6 Å². The third kappa shape index (κ3) is 5.07. The van der Waals surface area contributed by atoms with Crippen LogP contribution < -0.4 is 16.0 Å². The van der Waals surface area contributed by atoms with Crippen molar-refractivity contribution in [3.63, 3.8) is 0 Å². The van der Waals surface area contributed by atoms with Crippen molar-refractivity contribution in [3.05, 3.63) is 38.2 Å². The number of hydrogen-bond acceptors (Lipinski definition) is 3. The number of fused-ring (bicyclic) bond motifs is 1. The minimum atomic E-state index is -0.124. The van der Waals surface area contributed by atoms with E-state index in [-0.39, 0.29) is 29.9 Å². The molecule has 0 bridgehead atoms. The molecule has 0 fully saturated rings. The molecule has 1 aromatic heterocycles. The Morgan fingerprint density at radius 3 is 2.15 bits per heavy atom. The van der Waals surface area contributed by atoms with Crippen LogP contribution in [0.2, 0.25) is 10.0 Å². The fourth-order valence-corrected chi connectivity index (χ4v) is 3.04. The molecule has 7 heteroatoms. The van der Waals surface area contributed by atoms with Gasteiger partial charge >= 0.3 is 0 Å². The van der Waals surface area contributed by atoms with Gasteiger partial charge in [-0.3, -0.25) is 4.79 Å². The molecule has 0 radical (unpaired) electrons. The lowest BCUT2D eigenvalue weighted by Gasteiger charge is -2.25. The number of aromatic nitrogens is 1. The molecule has 0 aliphatic rings. The van der Waals surface area contributed by atoms with Gasteiger partial charge in [0.15, 0.2) is 0 Å². The standard InChI is InChI=1S/C19H26Cl2N2O2.ClH/c1-11(2)9-25-17-12-6-14(20)15(21)7-13(12)18(24)23(16(17)8-22)10-19(3,4)5;/h6-7,11H,8-10,22H2,1-5H3;1H. The molecule has 0 unspecified atom stereocenters. The number of halogens is 3. The van der Waals surface area contributed by atoms with Gasteiger partial charge in [0.25, 0.3) is 5.56 Å². The second-order valence-corrected chi connectivity index (χ2v) is 8.76. The van der Waals surface area contributed by atoms with Gasteiger partial charge in [0.1, 0.15) is 5.75 Å². The first-order chi connectivity index (χ1) is 11.5. The fraction of sp³-hybridized carbons (Fsp3) is 0.526. The van der Waals surface area contributed by atoms with E-state index in [1.165, 1.54) is 0 Å². The third-order valence-electron chi connectivity index (χ3n) is 3.76. The van der Waals surface area contributed by atoms with E-state index < -0.39 is 0 Å². The Morgan fingerprint density at radius 2 is 1.69 bits per heavy atom. The van der Waals surface area contributed by atoms with Gasteiger partial charge in [0.2, 0.25) is 0 Å². The Hall–Kier alpha value is -0.940. The maximum absolute atomic E-state index is 13.1. The molecule has 1 aromatic carbocycles. The van der Waals surface area contributed by atoms with Gasteiger partial charge in [-0.2, -0.15) is 0 Å². The van der Waals surface area contributed by atoms with Crippen molar-refractivity contribution in [3.8, 4) is 5.75 Å². The molecule has 2 aromatic rings. The third-order valence-corrected chi connectivity index (χ3v) is 4.48. The van der Waals surface area contributed by atoms with Crippen LogP contribution in [0.15, 0.2) is 16.9 Å². The molecule has 4 nitrogen and oxygen atoms in total. The summed E-state index contributed by atoms with van der Waals surface area (Å²) in [5.41, 5.74) is 6.48. The highest BCUT2D eigenvalue weighted by molar-refractivity contribution is 6.42. The van der Waals surface area contributed by atoms with Crippen molar-refractivity contribution < 1.29 is 4.74 Å². The summed E-state index contributed by atoms with van der Waals surface area (Å²) in [6.07, 6.45) is 0. The van der Waals surface area contributed by atoms with Crippen molar-refractivity contribution in [2.45, 2.75) is 47.7 Å². The van der Waals surface area contributed by atoms with Crippen LogP contribution in [0.5, 0.6) is 5.75 Å². The van der Waals surface area contributed by atoms with Crippen LogP contribution in [0.1, 0.15) is 40.3 Å². The van der Waals surface area contributed by atoms with E-state index in [1.807, 2.05) is 0 Å². The van der Waals surface area contributed by atoms with Gasteiger partial charge in [0, 0.05) is 18.5 Å². The highest BCUT2D eigenvalue weighted by Gasteiger charge is 2.22. The molecule has 0 atom stereocenters. The van der Waals surface area contributed by atoms with Gasteiger partial charge in [-0.05, 0) is 23.5 Å². The summed E-state index contributed by atoms with van der Waals surface area (Å²) in [6, 6.07) is 3.31. The SMILES string of the molecule is CC(C)COc1c(CN)n(CC(C)(C)C)c(=O)c2cc(Cl)c(Cl)cc12.Cl. The van der Waals surface area contributed by atoms with Gasteiger partial charge in [-0.15, -0.1) is 12.4 Å². The number of nitrogens with zero attached hydrogens (tertiary/aromatic N) is 1. The van der Waals surface area contributed by atoms with Gasteiger partial charge in [-0.1, -0.05) is 57.8 Å². The molecule has 0 aliphatic heterocycles. The summed E-state index contributed by atoms with van der Waals surface area (Å²) in [6.45, 7) is 11.6. The first-order valence-electron chi connectivity index (χ1n) is 8.42. The number of nitrogens with two attached hydrogens (primary N) is 1. The number of hydrogen-bond donors (Lipinski definition) is 1. The summed E-state index contributed by atoms with van der Waals surface area (Å²) in [7, 11) is 0. The molecule has 1 heterocycles. The van der Waals surface area contributed by atoms with E-state index >= 15 is 0 Å². The highest BCUT2D eigenvalue weighted by Crippen LogP contribution is 2.34. The molecular weight excluding hydrogens is 395 g/mol.